The molecule has 1 unspecified atom stereocenters. The largest absolute Gasteiger partial charge is 0.192 e. The molecular weight excluding hydrogens is 466 g/mol. The minimum Gasteiger partial charge on any atom is -0.192 e. The number of rotatable bonds is 5. The van der Waals surface area contributed by atoms with Crippen molar-refractivity contribution in [1.82, 2.24) is 0 Å². The molecule has 3 nitrogen and oxygen atoms in total. The topological polar surface area (TPSA) is 71.4 Å². The number of nitrogens with zero attached hydrogens (tertiary/aromatic N) is 3. The number of nitriles is 3. The second kappa shape index (κ2) is 9.76. The van der Waals surface area contributed by atoms with Crippen LogP contribution in [0, 0.1) is 45.3 Å². The summed E-state index contributed by atoms with van der Waals surface area (Å²) >= 11 is 3.11. The lowest BCUT2D eigenvalue weighted by Crippen LogP contribution is -2.16. The maximum atomic E-state index is 9.56. The van der Waals surface area contributed by atoms with Gasteiger partial charge in [0.15, 0.2) is 0 Å². The Hall–Kier alpha value is -3.91. The summed E-state index contributed by atoms with van der Waals surface area (Å²) in [5.74, 6) is 0.386. The Kier molecular flexibility index (Phi) is 6.75. The van der Waals surface area contributed by atoms with Gasteiger partial charge in [-0.15, -0.1) is 28.4 Å². The van der Waals surface area contributed by atoms with Gasteiger partial charge in [-0.1, -0.05) is 38.1 Å². The van der Waals surface area contributed by atoms with E-state index in [0.717, 1.165) is 16.0 Å². The van der Waals surface area contributed by atoms with Gasteiger partial charge in [-0.25, -0.2) is 0 Å². The van der Waals surface area contributed by atoms with Crippen LogP contribution in [0.25, 0.3) is 17.2 Å². The molecule has 0 fully saturated rings. The molecular formula is C30H23N3S2. The zero-order valence-electron chi connectivity index (χ0n) is 20.0. The molecule has 0 saturated carbocycles. The lowest BCUT2D eigenvalue weighted by molar-refractivity contribution is 0.717. The quantitative estimate of drug-likeness (QED) is 0.313. The predicted octanol–water partition coefficient (Wildman–Crippen LogP) is 8.24. The van der Waals surface area contributed by atoms with Crippen LogP contribution in [0.4, 0.5) is 0 Å². The summed E-state index contributed by atoms with van der Waals surface area (Å²) in [6, 6.07) is 13.6. The molecule has 0 radical (unpaired) electrons. The molecule has 2 aliphatic rings. The fourth-order valence-electron chi connectivity index (χ4n) is 4.47. The van der Waals surface area contributed by atoms with Crippen LogP contribution >= 0.6 is 22.7 Å². The van der Waals surface area contributed by atoms with Crippen molar-refractivity contribution in [3.05, 3.63) is 102 Å². The number of thiophene rings is 2. The van der Waals surface area contributed by atoms with Crippen LogP contribution in [0.15, 0.2) is 87.5 Å². The smallest absolute Gasteiger partial charge is 0.148 e. The number of hydrogen-bond acceptors (Lipinski definition) is 5. The van der Waals surface area contributed by atoms with Gasteiger partial charge in [0.25, 0.3) is 0 Å². The fraction of sp³-hybridized carbons (Fsp3) is 0.200. The molecule has 2 aromatic rings. The van der Waals surface area contributed by atoms with E-state index in [1.807, 2.05) is 30.3 Å². The Morgan fingerprint density at radius 1 is 1.03 bits per heavy atom. The van der Waals surface area contributed by atoms with Crippen LogP contribution < -0.4 is 0 Å². The van der Waals surface area contributed by atoms with Crippen molar-refractivity contribution in [2.45, 2.75) is 27.7 Å². The second-order valence-corrected chi connectivity index (χ2v) is 11.0. The second-order valence-electron chi connectivity index (χ2n) is 8.90. The molecule has 0 N–H and O–H groups in total. The fourth-order valence-corrected chi connectivity index (χ4v) is 6.28. The first-order chi connectivity index (χ1) is 16.8. The van der Waals surface area contributed by atoms with Crippen molar-refractivity contribution in [2.75, 3.05) is 0 Å². The molecule has 2 heterocycles. The van der Waals surface area contributed by atoms with Gasteiger partial charge in [0.2, 0.25) is 0 Å². The molecule has 5 heteroatoms. The Bertz CT molecular complexity index is 1520. The maximum Gasteiger partial charge on any atom is 0.148 e. The summed E-state index contributed by atoms with van der Waals surface area (Å²) in [6.45, 7) is 8.78. The Balaban J connectivity index is 1.89. The van der Waals surface area contributed by atoms with Crippen LogP contribution in [0.5, 0.6) is 0 Å². The lowest BCUT2D eigenvalue weighted by Gasteiger charge is -2.29. The normalized spacial score (nSPS) is 18.9. The average molecular weight is 490 g/mol. The first kappa shape index (κ1) is 24.2. The summed E-state index contributed by atoms with van der Waals surface area (Å²) in [4.78, 5) is 2.74. The van der Waals surface area contributed by atoms with Crippen molar-refractivity contribution in [2.24, 2.45) is 11.3 Å². The van der Waals surface area contributed by atoms with Crippen molar-refractivity contribution in [3.8, 4) is 18.2 Å². The van der Waals surface area contributed by atoms with Crippen molar-refractivity contribution < 1.29 is 0 Å². The van der Waals surface area contributed by atoms with Gasteiger partial charge in [-0.3, -0.25) is 0 Å². The maximum absolute atomic E-state index is 9.56. The van der Waals surface area contributed by atoms with E-state index in [9.17, 15) is 15.8 Å². The first-order valence-corrected chi connectivity index (χ1v) is 12.9. The van der Waals surface area contributed by atoms with E-state index in [4.69, 9.17) is 0 Å². The van der Waals surface area contributed by atoms with Crippen LogP contribution in [0.3, 0.4) is 0 Å². The highest BCUT2D eigenvalue weighted by Crippen LogP contribution is 2.53. The standard InChI is InChI=1S/C30H23N3S2/c1-19(2)21-8-7-20(3)29-22(14-21)11-12-30(29,4)26(28-6-5-13-34-28)15-24-9-10-27(35-24)25(18-33)23(16-31)17-32/h5-13,15,19H,1-4H3/b26-15-. The Morgan fingerprint density at radius 3 is 2.43 bits per heavy atom. The third-order valence-corrected chi connectivity index (χ3v) is 8.22. The summed E-state index contributed by atoms with van der Waals surface area (Å²) < 4.78 is 0. The molecule has 0 aliphatic heterocycles. The minimum atomic E-state index is -0.365. The van der Waals surface area contributed by atoms with Gasteiger partial charge < -0.3 is 0 Å². The number of fused-ring (bicyclic) bond motifs is 1. The van der Waals surface area contributed by atoms with Gasteiger partial charge in [0.05, 0.1) is 5.57 Å². The molecule has 35 heavy (non-hydrogen) atoms. The van der Waals surface area contributed by atoms with Crippen LogP contribution in [-0.2, 0) is 0 Å². The van der Waals surface area contributed by atoms with E-state index >= 15 is 0 Å². The van der Waals surface area contributed by atoms with E-state index in [1.165, 1.54) is 32.9 Å². The molecule has 0 bridgehead atoms. The summed E-state index contributed by atoms with van der Waals surface area (Å²) in [5, 5.41) is 30.1. The number of allylic oxidation sites excluding steroid dienone is 10. The molecule has 0 spiro atoms. The molecule has 170 valence electrons. The predicted molar refractivity (Wildman–Crippen MR) is 145 cm³/mol. The van der Waals surface area contributed by atoms with E-state index in [1.54, 1.807) is 11.3 Å². The van der Waals surface area contributed by atoms with Crippen LogP contribution in [-0.4, -0.2) is 0 Å². The first-order valence-electron chi connectivity index (χ1n) is 11.2. The monoisotopic (exact) mass is 489 g/mol. The van der Waals surface area contributed by atoms with Crippen molar-refractivity contribution in [3.63, 3.8) is 0 Å². The summed E-state index contributed by atoms with van der Waals surface area (Å²) in [5.41, 5.74) is 9.18. The highest BCUT2D eigenvalue weighted by atomic mass is 32.1. The number of hydrogen-bond donors (Lipinski definition) is 0. The minimum absolute atomic E-state index is 0.119. The molecule has 0 amide bonds. The third-order valence-electron chi connectivity index (χ3n) is 6.27. The van der Waals surface area contributed by atoms with Gasteiger partial charge in [0, 0.05) is 25.6 Å². The summed E-state index contributed by atoms with van der Waals surface area (Å²) in [6.07, 6.45) is 11.0. The van der Waals surface area contributed by atoms with Crippen molar-refractivity contribution in [1.29, 1.82) is 15.8 Å². The molecule has 0 aromatic carbocycles. The third kappa shape index (κ3) is 4.44. The lowest BCUT2D eigenvalue weighted by atomic mass is 9.74. The molecule has 2 aromatic heterocycles. The van der Waals surface area contributed by atoms with E-state index < -0.39 is 0 Å². The molecule has 2 aliphatic carbocycles. The van der Waals surface area contributed by atoms with E-state index in [2.05, 4.69) is 81.3 Å². The highest BCUT2D eigenvalue weighted by molar-refractivity contribution is 7.14. The van der Waals surface area contributed by atoms with Gasteiger partial charge in [-0.2, -0.15) is 15.8 Å². The molecule has 1 atom stereocenters. The zero-order valence-corrected chi connectivity index (χ0v) is 21.6. The Morgan fingerprint density at radius 2 is 1.80 bits per heavy atom. The van der Waals surface area contributed by atoms with E-state index in [-0.39, 0.29) is 16.6 Å². The van der Waals surface area contributed by atoms with Crippen LogP contribution in [0.2, 0.25) is 0 Å². The zero-order chi connectivity index (χ0) is 25.2. The van der Waals surface area contributed by atoms with Crippen molar-refractivity contribution >= 4 is 39.9 Å². The van der Waals surface area contributed by atoms with Gasteiger partial charge in [-0.05, 0) is 77.8 Å². The van der Waals surface area contributed by atoms with Crippen LogP contribution in [0.1, 0.15) is 42.3 Å². The van der Waals surface area contributed by atoms with Gasteiger partial charge >= 0.3 is 0 Å². The highest BCUT2D eigenvalue weighted by Gasteiger charge is 2.38. The average Bonchev–Trinajstić information content (AvgIpc) is 3.57. The molecule has 0 saturated heterocycles. The van der Waals surface area contributed by atoms with Gasteiger partial charge in [0.1, 0.15) is 23.8 Å². The molecule has 4 rings (SSSR count). The Labute approximate surface area is 214 Å². The summed E-state index contributed by atoms with van der Waals surface area (Å²) in [7, 11) is 0. The SMILES string of the molecule is CC1=C2C(=C=C(C(C)C)C=C1)C=CC2(C)/C(=C\c1ccc(C(C#N)=C(C#N)C#N)s1)c1cccs1. The van der Waals surface area contributed by atoms with E-state index in [0.29, 0.717) is 10.8 Å².